The number of aryl methyl sites for hydroxylation is 4. The Kier molecular flexibility index (Phi) is 6.51. The molecule has 6 nitrogen and oxygen atoms in total. The maximum atomic E-state index is 13.1. The first-order chi connectivity index (χ1) is 15.8. The molecule has 1 aliphatic heterocycles. The monoisotopic (exact) mass is 463 g/mol. The maximum Gasteiger partial charge on any atom is 0.268 e. The first kappa shape index (κ1) is 23.0. The number of hydrogen-bond acceptors (Lipinski definition) is 5. The van der Waals surface area contributed by atoms with Crippen molar-refractivity contribution in [3.63, 3.8) is 0 Å². The summed E-state index contributed by atoms with van der Waals surface area (Å²) in [6.45, 7) is 9.77. The molecule has 0 bridgehead atoms. The minimum atomic E-state index is -0.659. The molecule has 0 saturated heterocycles. The van der Waals surface area contributed by atoms with Gasteiger partial charge in [-0.3, -0.25) is 14.5 Å². The summed E-state index contributed by atoms with van der Waals surface area (Å²) in [5.41, 5.74) is 5.40. The van der Waals surface area contributed by atoms with Crippen molar-refractivity contribution in [2.45, 2.75) is 53.6 Å². The predicted molar refractivity (Wildman–Crippen MR) is 133 cm³/mol. The molecule has 2 amide bonds. The molecule has 0 fully saturated rings. The van der Waals surface area contributed by atoms with Gasteiger partial charge in [-0.25, -0.2) is 4.98 Å². The molecule has 1 atom stereocenters. The van der Waals surface area contributed by atoms with Crippen molar-refractivity contribution in [2.75, 3.05) is 16.8 Å². The normalized spacial score (nSPS) is 15.2. The van der Waals surface area contributed by atoms with Crippen LogP contribution in [0.15, 0.2) is 36.4 Å². The molecule has 172 valence electrons. The highest BCUT2D eigenvalue weighted by molar-refractivity contribution is 7.11. The van der Waals surface area contributed by atoms with E-state index in [0.717, 1.165) is 50.8 Å². The number of hydrogen-bond donors (Lipinski definition) is 1. The molecule has 1 unspecified atom stereocenters. The van der Waals surface area contributed by atoms with Gasteiger partial charge < -0.3 is 10.1 Å². The fourth-order valence-corrected chi connectivity index (χ4v) is 5.08. The van der Waals surface area contributed by atoms with Crippen LogP contribution in [-0.4, -0.2) is 29.4 Å². The van der Waals surface area contributed by atoms with Gasteiger partial charge in [0.2, 0.25) is 5.91 Å². The van der Waals surface area contributed by atoms with E-state index in [9.17, 15) is 9.59 Å². The Bertz CT molecular complexity index is 1200. The van der Waals surface area contributed by atoms with E-state index in [2.05, 4.69) is 24.1 Å². The zero-order chi connectivity index (χ0) is 23.7. The number of benzene rings is 2. The molecular formula is C26H29N3O3S. The average Bonchev–Trinajstić information content (AvgIpc) is 3.14. The van der Waals surface area contributed by atoms with E-state index in [1.807, 2.05) is 50.2 Å². The molecule has 2 aromatic carbocycles. The van der Waals surface area contributed by atoms with Crippen molar-refractivity contribution in [1.82, 2.24) is 4.98 Å². The number of thiazole rings is 1. The summed E-state index contributed by atoms with van der Waals surface area (Å²) in [5, 5.41) is 4.05. The maximum absolute atomic E-state index is 13.1. The lowest BCUT2D eigenvalue weighted by atomic mass is 10.0. The number of amides is 2. The average molecular weight is 464 g/mol. The Balaban J connectivity index is 1.66. The number of para-hydroxylation sites is 1. The Morgan fingerprint density at radius 1 is 1.15 bits per heavy atom. The van der Waals surface area contributed by atoms with Crippen molar-refractivity contribution < 1.29 is 14.3 Å². The highest BCUT2D eigenvalue weighted by Crippen LogP contribution is 2.38. The third-order valence-electron chi connectivity index (χ3n) is 5.91. The molecule has 7 heteroatoms. The van der Waals surface area contributed by atoms with E-state index in [4.69, 9.17) is 4.74 Å². The van der Waals surface area contributed by atoms with Gasteiger partial charge in [0.1, 0.15) is 12.3 Å². The van der Waals surface area contributed by atoms with E-state index in [1.165, 1.54) is 4.90 Å². The SMILES string of the molecule is CCc1cccc(CC)c1NC(=O)CN1C(=O)C(C)Oc2ccc(-c3nc(C)sc3C)cc21. The summed E-state index contributed by atoms with van der Waals surface area (Å²) in [5.74, 6) is 0.122. The van der Waals surface area contributed by atoms with Gasteiger partial charge >= 0.3 is 0 Å². The third-order valence-corrected chi connectivity index (χ3v) is 6.80. The van der Waals surface area contributed by atoms with Crippen LogP contribution in [0.2, 0.25) is 0 Å². The fourth-order valence-electron chi connectivity index (χ4n) is 4.24. The minimum absolute atomic E-state index is 0.0841. The van der Waals surface area contributed by atoms with Gasteiger partial charge in [-0.15, -0.1) is 11.3 Å². The van der Waals surface area contributed by atoms with Gasteiger partial charge in [0.05, 0.1) is 16.4 Å². The van der Waals surface area contributed by atoms with Crippen LogP contribution in [0.5, 0.6) is 5.75 Å². The van der Waals surface area contributed by atoms with Gasteiger partial charge in [0.25, 0.3) is 5.91 Å². The second-order valence-corrected chi connectivity index (χ2v) is 9.62. The van der Waals surface area contributed by atoms with E-state index < -0.39 is 6.10 Å². The zero-order valence-electron chi connectivity index (χ0n) is 19.7. The topological polar surface area (TPSA) is 71.5 Å². The lowest BCUT2D eigenvalue weighted by Gasteiger charge is -2.33. The highest BCUT2D eigenvalue weighted by Gasteiger charge is 2.33. The largest absolute Gasteiger partial charge is 0.479 e. The number of ether oxygens (including phenoxy) is 1. The Morgan fingerprint density at radius 3 is 2.45 bits per heavy atom. The van der Waals surface area contributed by atoms with Gasteiger partial charge in [-0.2, -0.15) is 0 Å². The standard InChI is InChI=1S/C26H29N3O3S/c1-6-18-9-8-10-19(7-2)25(18)28-23(30)14-29-21-13-20(24-16(4)33-17(5)27-24)11-12-22(21)32-15(3)26(29)31/h8-13,15H,6-7,14H2,1-5H3,(H,28,30). The van der Waals surface area contributed by atoms with E-state index in [0.29, 0.717) is 11.4 Å². The summed E-state index contributed by atoms with van der Waals surface area (Å²) < 4.78 is 5.83. The second kappa shape index (κ2) is 9.35. The van der Waals surface area contributed by atoms with Crippen LogP contribution < -0.4 is 15.0 Å². The molecule has 0 aliphatic carbocycles. The number of rotatable bonds is 6. The Hall–Kier alpha value is -3.19. The number of aromatic nitrogens is 1. The number of nitrogens with one attached hydrogen (secondary N) is 1. The summed E-state index contributed by atoms with van der Waals surface area (Å²) in [6, 6.07) is 11.8. The predicted octanol–water partition coefficient (Wildman–Crippen LogP) is 5.30. The van der Waals surface area contributed by atoms with Crippen LogP contribution in [-0.2, 0) is 22.4 Å². The minimum Gasteiger partial charge on any atom is -0.479 e. The number of carbonyl (C=O) groups is 2. The van der Waals surface area contributed by atoms with Crippen LogP contribution in [0.1, 0.15) is 41.8 Å². The molecular weight excluding hydrogens is 434 g/mol. The molecule has 0 saturated carbocycles. The van der Waals surface area contributed by atoms with E-state index in [1.54, 1.807) is 18.3 Å². The number of carbonyl (C=O) groups excluding carboxylic acids is 2. The van der Waals surface area contributed by atoms with Crippen LogP contribution in [0, 0.1) is 13.8 Å². The smallest absolute Gasteiger partial charge is 0.268 e. The Labute approximate surface area is 198 Å². The molecule has 0 spiro atoms. The lowest BCUT2D eigenvalue weighted by Crippen LogP contribution is -2.47. The van der Waals surface area contributed by atoms with Crippen LogP contribution in [0.3, 0.4) is 0 Å². The van der Waals surface area contributed by atoms with Crippen LogP contribution in [0.4, 0.5) is 11.4 Å². The molecule has 1 aliphatic rings. The van der Waals surface area contributed by atoms with Gasteiger partial charge in [-0.05, 0) is 62.9 Å². The molecule has 3 aromatic rings. The Morgan fingerprint density at radius 2 is 1.85 bits per heavy atom. The summed E-state index contributed by atoms with van der Waals surface area (Å²) >= 11 is 1.63. The van der Waals surface area contributed by atoms with Crippen molar-refractivity contribution in [1.29, 1.82) is 0 Å². The third kappa shape index (κ3) is 4.50. The van der Waals surface area contributed by atoms with E-state index >= 15 is 0 Å². The zero-order valence-corrected chi connectivity index (χ0v) is 20.5. The summed E-state index contributed by atoms with van der Waals surface area (Å²) in [4.78, 5) is 33.5. The molecule has 4 rings (SSSR count). The second-order valence-electron chi connectivity index (χ2n) is 8.21. The lowest BCUT2D eigenvalue weighted by molar-refractivity contribution is -0.127. The molecule has 33 heavy (non-hydrogen) atoms. The number of fused-ring (bicyclic) bond motifs is 1. The van der Waals surface area contributed by atoms with Crippen LogP contribution >= 0.6 is 11.3 Å². The highest BCUT2D eigenvalue weighted by atomic mass is 32.1. The first-order valence-corrected chi connectivity index (χ1v) is 12.1. The summed E-state index contributed by atoms with van der Waals surface area (Å²) in [7, 11) is 0. The molecule has 1 aromatic heterocycles. The van der Waals surface area contributed by atoms with Gasteiger partial charge in [0.15, 0.2) is 6.10 Å². The quantitative estimate of drug-likeness (QED) is 0.538. The van der Waals surface area contributed by atoms with Crippen molar-refractivity contribution in [3.05, 3.63) is 57.4 Å². The molecule has 2 heterocycles. The van der Waals surface area contributed by atoms with Gasteiger partial charge in [-0.1, -0.05) is 32.0 Å². The summed E-state index contributed by atoms with van der Waals surface area (Å²) in [6.07, 6.45) is 0.971. The van der Waals surface area contributed by atoms with Crippen LogP contribution in [0.25, 0.3) is 11.3 Å². The molecule has 1 N–H and O–H groups in total. The molecule has 0 radical (unpaired) electrons. The number of nitrogens with zero attached hydrogens (tertiary/aromatic N) is 2. The van der Waals surface area contributed by atoms with Crippen molar-refractivity contribution in [3.8, 4) is 17.0 Å². The van der Waals surface area contributed by atoms with Crippen molar-refractivity contribution >= 4 is 34.5 Å². The van der Waals surface area contributed by atoms with E-state index in [-0.39, 0.29) is 18.4 Å². The van der Waals surface area contributed by atoms with Crippen molar-refractivity contribution in [2.24, 2.45) is 0 Å². The number of anilines is 2. The first-order valence-electron chi connectivity index (χ1n) is 11.3. The fraction of sp³-hybridized carbons (Fsp3) is 0.346. The van der Waals surface area contributed by atoms with Gasteiger partial charge in [0, 0.05) is 16.1 Å².